The number of halogens is 1. The molecule has 1 aliphatic rings. The quantitative estimate of drug-likeness (QED) is 0.237. The summed E-state index contributed by atoms with van der Waals surface area (Å²) >= 11 is 0. The number of rotatable bonds is 16. The minimum atomic E-state index is -0.235. The molecule has 0 radical (unpaired) electrons. The van der Waals surface area contributed by atoms with Crippen molar-refractivity contribution < 1.29 is 9.18 Å². The van der Waals surface area contributed by atoms with Crippen molar-refractivity contribution >= 4 is 11.9 Å². The lowest BCUT2D eigenvalue weighted by atomic mass is 9.90. The van der Waals surface area contributed by atoms with Crippen molar-refractivity contribution in [2.24, 2.45) is 4.99 Å². The van der Waals surface area contributed by atoms with Crippen molar-refractivity contribution in [2.45, 2.75) is 57.3 Å². The Morgan fingerprint density at radius 3 is 2.69 bits per heavy atom. The average molecular weight is 534 g/mol. The molecule has 3 heterocycles. The SMILES string of the molecule is O=C(CCCCCNC1=NCCN1)N(CCCCC(c1ccc(F)cc1)c1ccccn1)CCc1cnc[nH]1. The number of hydrogen-bond acceptors (Lipinski definition) is 6. The lowest BCUT2D eigenvalue weighted by molar-refractivity contribution is -0.131. The minimum absolute atomic E-state index is 0.0972. The van der Waals surface area contributed by atoms with Crippen molar-refractivity contribution in [1.29, 1.82) is 0 Å². The third kappa shape index (κ3) is 9.50. The van der Waals surface area contributed by atoms with Gasteiger partial charge in [0.25, 0.3) is 0 Å². The van der Waals surface area contributed by atoms with Crippen LogP contribution in [0.1, 0.15) is 67.8 Å². The van der Waals surface area contributed by atoms with Gasteiger partial charge in [0.1, 0.15) is 5.82 Å². The summed E-state index contributed by atoms with van der Waals surface area (Å²) in [6.07, 6.45) is 12.3. The predicted octanol–water partition coefficient (Wildman–Crippen LogP) is 4.43. The number of carbonyl (C=O) groups is 1. The van der Waals surface area contributed by atoms with Gasteiger partial charge in [0.05, 0.1) is 12.9 Å². The summed E-state index contributed by atoms with van der Waals surface area (Å²) in [7, 11) is 0. The van der Waals surface area contributed by atoms with Crippen LogP contribution < -0.4 is 10.6 Å². The second kappa shape index (κ2) is 15.6. The molecule has 208 valence electrons. The molecule has 9 heteroatoms. The van der Waals surface area contributed by atoms with E-state index in [-0.39, 0.29) is 17.6 Å². The van der Waals surface area contributed by atoms with Gasteiger partial charge in [0.15, 0.2) is 5.96 Å². The number of unbranched alkanes of at least 4 members (excludes halogenated alkanes) is 3. The van der Waals surface area contributed by atoms with Crippen LogP contribution >= 0.6 is 0 Å². The van der Waals surface area contributed by atoms with Crippen LogP contribution in [-0.4, -0.2) is 64.4 Å². The second-order valence-corrected chi connectivity index (χ2v) is 9.96. The summed E-state index contributed by atoms with van der Waals surface area (Å²) in [5.41, 5.74) is 3.09. The molecule has 0 bridgehead atoms. The van der Waals surface area contributed by atoms with Crippen molar-refractivity contribution in [2.75, 3.05) is 32.7 Å². The van der Waals surface area contributed by atoms with Gasteiger partial charge in [-0.3, -0.25) is 14.8 Å². The van der Waals surface area contributed by atoms with Crippen molar-refractivity contribution in [3.05, 3.63) is 84.0 Å². The first kappa shape index (κ1) is 28.3. The highest BCUT2D eigenvalue weighted by Crippen LogP contribution is 2.28. The van der Waals surface area contributed by atoms with Crippen LogP contribution in [0.4, 0.5) is 4.39 Å². The molecule has 3 aromatic rings. The van der Waals surface area contributed by atoms with Gasteiger partial charge < -0.3 is 20.5 Å². The summed E-state index contributed by atoms with van der Waals surface area (Å²) in [5.74, 6) is 0.964. The lowest BCUT2D eigenvalue weighted by Gasteiger charge is -2.23. The number of amides is 1. The summed E-state index contributed by atoms with van der Waals surface area (Å²) in [6, 6.07) is 12.6. The number of nitrogens with zero attached hydrogens (tertiary/aromatic N) is 4. The van der Waals surface area contributed by atoms with Crippen LogP contribution in [0, 0.1) is 5.82 Å². The number of aromatic nitrogens is 3. The molecule has 39 heavy (non-hydrogen) atoms. The number of H-pyrrole nitrogens is 1. The van der Waals surface area contributed by atoms with Crippen LogP contribution in [-0.2, 0) is 11.2 Å². The van der Waals surface area contributed by atoms with Crippen LogP contribution in [0.3, 0.4) is 0 Å². The van der Waals surface area contributed by atoms with Crippen molar-refractivity contribution in [3.63, 3.8) is 0 Å². The Morgan fingerprint density at radius 1 is 1.05 bits per heavy atom. The van der Waals surface area contributed by atoms with Gasteiger partial charge in [-0.1, -0.05) is 31.0 Å². The predicted molar refractivity (Wildman–Crippen MR) is 152 cm³/mol. The van der Waals surface area contributed by atoms with E-state index in [2.05, 4.69) is 30.6 Å². The first-order valence-corrected chi connectivity index (χ1v) is 14.1. The number of benzene rings is 1. The van der Waals surface area contributed by atoms with Crippen LogP contribution in [0.25, 0.3) is 0 Å². The summed E-state index contributed by atoms with van der Waals surface area (Å²) in [6.45, 7) is 4.01. The van der Waals surface area contributed by atoms with E-state index in [1.165, 1.54) is 12.1 Å². The van der Waals surface area contributed by atoms with Gasteiger partial charge in [-0.2, -0.15) is 0 Å². The smallest absolute Gasteiger partial charge is 0.222 e. The Morgan fingerprint density at radius 2 is 1.95 bits per heavy atom. The fraction of sp³-hybridized carbons (Fsp3) is 0.467. The van der Waals surface area contributed by atoms with E-state index in [0.29, 0.717) is 13.0 Å². The van der Waals surface area contributed by atoms with Gasteiger partial charge in [-0.05, 0) is 55.5 Å². The number of aromatic amines is 1. The van der Waals surface area contributed by atoms with Crippen LogP contribution in [0.2, 0.25) is 0 Å². The molecule has 0 spiro atoms. The molecule has 0 fully saturated rings. The third-order valence-corrected chi connectivity index (χ3v) is 7.08. The zero-order chi connectivity index (χ0) is 27.1. The summed E-state index contributed by atoms with van der Waals surface area (Å²) < 4.78 is 13.5. The first-order valence-electron chi connectivity index (χ1n) is 14.1. The van der Waals surface area contributed by atoms with Crippen LogP contribution in [0.15, 0.2) is 66.2 Å². The minimum Gasteiger partial charge on any atom is -0.356 e. The van der Waals surface area contributed by atoms with E-state index in [1.807, 2.05) is 41.4 Å². The highest BCUT2D eigenvalue weighted by Gasteiger charge is 2.17. The van der Waals surface area contributed by atoms with Gasteiger partial charge in [-0.15, -0.1) is 0 Å². The number of imidazole rings is 1. The van der Waals surface area contributed by atoms with Crippen molar-refractivity contribution in [1.82, 2.24) is 30.5 Å². The molecule has 4 rings (SSSR count). The molecule has 1 atom stereocenters. The first-order chi connectivity index (χ1) is 19.2. The normalized spacial score (nSPS) is 13.5. The number of nitrogens with one attached hydrogen (secondary N) is 3. The molecule has 1 amide bonds. The maximum atomic E-state index is 13.5. The van der Waals surface area contributed by atoms with E-state index < -0.39 is 0 Å². The average Bonchev–Trinajstić information content (AvgIpc) is 3.68. The molecule has 3 N–H and O–H groups in total. The summed E-state index contributed by atoms with van der Waals surface area (Å²) in [4.78, 5) is 31.3. The summed E-state index contributed by atoms with van der Waals surface area (Å²) in [5, 5.41) is 6.52. The highest BCUT2D eigenvalue weighted by atomic mass is 19.1. The van der Waals surface area contributed by atoms with Gasteiger partial charge in [0, 0.05) is 68.7 Å². The maximum Gasteiger partial charge on any atom is 0.222 e. The largest absolute Gasteiger partial charge is 0.356 e. The second-order valence-electron chi connectivity index (χ2n) is 9.96. The molecular formula is C30H40FN7O. The van der Waals surface area contributed by atoms with Gasteiger partial charge in [-0.25, -0.2) is 9.37 Å². The molecule has 0 aliphatic carbocycles. The number of hydrogen-bond donors (Lipinski definition) is 3. The Hall–Kier alpha value is -3.75. The molecule has 8 nitrogen and oxygen atoms in total. The molecular weight excluding hydrogens is 493 g/mol. The molecule has 1 unspecified atom stereocenters. The fourth-order valence-electron chi connectivity index (χ4n) is 4.91. The maximum absolute atomic E-state index is 13.5. The Bertz CT molecular complexity index is 1140. The van der Waals surface area contributed by atoms with Crippen LogP contribution in [0.5, 0.6) is 0 Å². The molecule has 0 saturated heterocycles. The zero-order valence-electron chi connectivity index (χ0n) is 22.6. The Labute approximate surface area is 230 Å². The lowest BCUT2D eigenvalue weighted by Crippen LogP contribution is -2.34. The molecule has 2 aromatic heterocycles. The molecule has 1 aliphatic heterocycles. The molecule has 0 saturated carbocycles. The fourth-order valence-corrected chi connectivity index (χ4v) is 4.91. The monoisotopic (exact) mass is 533 g/mol. The number of carbonyl (C=O) groups excluding carboxylic acids is 1. The highest BCUT2D eigenvalue weighted by molar-refractivity contribution is 5.81. The Balaban J connectivity index is 1.25. The molecule has 1 aromatic carbocycles. The van der Waals surface area contributed by atoms with E-state index in [9.17, 15) is 9.18 Å². The van der Waals surface area contributed by atoms with E-state index >= 15 is 0 Å². The van der Waals surface area contributed by atoms with Gasteiger partial charge in [0.2, 0.25) is 5.91 Å². The number of pyridine rings is 1. The Kier molecular flexibility index (Phi) is 11.3. The third-order valence-electron chi connectivity index (χ3n) is 7.08. The zero-order valence-corrected chi connectivity index (χ0v) is 22.6. The van der Waals surface area contributed by atoms with E-state index in [1.54, 1.807) is 12.5 Å². The number of aliphatic imine (C=N–C) groups is 1. The standard InChI is InChI=1S/C30H40FN7O/c31-25-13-11-24(12-14-25)27(28-9-3-6-16-33-28)8-4-7-20-38(21-15-26-22-32-23-37-26)29(39)10-2-1-5-17-34-30-35-18-19-36-30/h3,6,9,11-14,16,22-23,27H,1-2,4-5,7-8,10,15,17-21H2,(H,32,37)(H2,34,35,36). The number of guanidine groups is 1. The topological polar surface area (TPSA) is 98.3 Å². The van der Waals surface area contributed by atoms with E-state index in [0.717, 1.165) is 94.0 Å². The van der Waals surface area contributed by atoms with Crippen molar-refractivity contribution in [3.8, 4) is 0 Å². The van der Waals surface area contributed by atoms with E-state index in [4.69, 9.17) is 0 Å². The van der Waals surface area contributed by atoms with Gasteiger partial charge >= 0.3 is 0 Å².